The maximum absolute atomic E-state index is 13.4. The second kappa shape index (κ2) is 8.69. The fraction of sp³-hybridized carbons (Fsp3) is 0.0526. The monoisotopic (exact) mass is 488 g/mol. The quantitative estimate of drug-likeness (QED) is 0.518. The number of nitrogens with one attached hydrogen (secondary N) is 2. The van der Waals surface area contributed by atoms with Gasteiger partial charge in [0.1, 0.15) is 22.3 Å². The molecular weight excluding hydrogens is 474 g/mol. The summed E-state index contributed by atoms with van der Waals surface area (Å²) in [5.74, 6) is -1.91. The maximum atomic E-state index is 13.4. The Hall–Kier alpha value is -2.89. The van der Waals surface area contributed by atoms with E-state index in [0.29, 0.717) is 18.2 Å². The van der Waals surface area contributed by atoms with Gasteiger partial charge in [-0.2, -0.15) is 0 Å². The Morgan fingerprint density at radius 2 is 1.48 bits per heavy atom. The summed E-state index contributed by atoms with van der Waals surface area (Å²) in [6, 6.07) is 11.4. The Bertz CT molecular complexity index is 1330. The van der Waals surface area contributed by atoms with E-state index in [0.717, 1.165) is 6.07 Å². The first-order valence-corrected chi connectivity index (χ1v) is 11.8. The Morgan fingerprint density at radius 3 is 2.13 bits per heavy atom. The summed E-state index contributed by atoms with van der Waals surface area (Å²) >= 11 is 6.02. The highest BCUT2D eigenvalue weighted by molar-refractivity contribution is 7.93. The lowest BCUT2D eigenvalue weighted by Gasteiger charge is -2.14. The lowest BCUT2D eigenvalue weighted by Crippen LogP contribution is -2.16. The van der Waals surface area contributed by atoms with Gasteiger partial charge in [-0.3, -0.25) is 9.44 Å². The Morgan fingerprint density at radius 1 is 0.839 bits per heavy atom. The summed E-state index contributed by atoms with van der Waals surface area (Å²) in [6.07, 6.45) is 0. The maximum Gasteiger partial charge on any atom is 0.263 e. The summed E-state index contributed by atoms with van der Waals surface area (Å²) in [5.41, 5.74) is -0.0447. The van der Waals surface area contributed by atoms with Gasteiger partial charge in [-0.1, -0.05) is 23.7 Å². The minimum Gasteiger partial charge on any atom is -0.495 e. The van der Waals surface area contributed by atoms with E-state index >= 15 is 0 Å². The molecule has 0 aliphatic carbocycles. The van der Waals surface area contributed by atoms with Crippen LogP contribution in [-0.4, -0.2) is 23.9 Å². The molecule has 0 aliphatic rings. The number of anilines is 2. The lowest BCUT2D eigenvalue weighted by atomic mass is 10.3. The van der Waals surface area contributed by atoms with Gasteiger partial charge in [-0.25, -0.2) is 25.6 Å². The van der Waals surface area contributed by atoms with E-state index in [9.17, 15) is 25.6 Å². The summed E-state index contributed by atoms with van der Waals surface area (Å²) in [6.45, 7) is 0. The fourth-order valence-corrected chi connectivity index (χ4v) is 5.29. The van der Waals surface area contributed by atoms with Crippen LogP contribution in [0.15, 0.2) is 70.5 Å². The zero-order valence-corrected chi connectivity index (χ0v) is 18.2. The molecule has 164 valence electrons. The van der Waals surface area contributed by atoms with Gasteiger partial charge in [0.15, 0.2) is 0 Å². The molecule has 0 bridgehead atoms. The fourth-order valence-electron chi connectivity index (χ4n) is 2.60. The highest BCUT2D eigenvalue weighted by Gasteiger charge is 2.22. The van der Waals surface area contributed by atoms with E-state index in [4.69, 9.17) is 16.3 Å². The van der Waals surface area contributed by atoms with E-state index in [1.807, 2.05) is 0 Å². The third-order valence-electron chi connectivity index (χ3n) is 3.97. The number of benzene rings is 3. The standard InChI is InChI=1S/C19H15ClF2N2O5S2/c1-29-18-5-3-2-4-17(18)24-31(27,28)19-11-14(6-7-16(19)20)23-30(25,26)15-9-12(21)8-13(22)10-15/h2-11,23-24H,1H3. The van der Waals surface area contributed by atoms with E-state index in [1.165, 1.54) is 25.3 Å². The van der Waals surface area contributed by atoms with Crippen LogP contribution in [0.1, 0.15) is 0 Å². The predicted octanol–water partition coefficient (Wildman–Crippen LogP) is 4.23. The van der Waals surface area contributed by atoms with E-state index in [2.05, 4.69) is 9.44 Å². The average molecular weight is 489 g/mol. The molecule has 0 amide bonds. The first-order chi connectivity index (χ1) is 14.5. The molecule has 3 aromatic carbocycles. The molecule has 0 unspecified atom stereocenters. The number of para-hydroxylation sites is 2. The number of sulfonamides is 2. The van der Waals surface area contributed by atoms with Gasteiger partial charge in [0.2, 0.25) is 0 Å². The van der Waals surface area contributed by atoms with Crippen molar-refractivity contribution in [1.29, 1.82) is 0 Å². The minimum atomic E-state index is -4.41. The predicted molar refractivity (Wildman–Crippen MR) is 112 cm³/mol. The minimum absolute atomic E-state index is 0.141. The molecule has 12 heteroatoms. The Kier molecular flexibility index (Phi) is 6.39. The van der Waals surface area contributed by atoms with Gasteiger partial charge in [0, 0.05) is 6.07 Å². The molecule has 31 heavy (non-hydrogen) atoms. The molecule has 0 fully saturated rings. The van der Waals surface area contributed by atoms with Crippen molar-refractivity contribution in [3.8, 4) is 5.75 Å². The molecule has 7 nitrogen and oxygen atoms in total. The molecular formula is C19H15ClF2N2O5S2. The van der Waals surface area contributed by atoms with Crippen molar-refractivity contribution in [2.45, 2.75) is 9.79 Å². The Labute approximate surface area is 182 Å². The van der Waals surface area contributed by atoms with Crippen LogP contribution in [0.5, 0.6) is 5.75 Å². The molecule has 2 N–H and O–H groups in total. The zero-order valence-electron chi connectivity index (χ0n) is 15.8. The second-order valence-corrected chi connectivity index (χ2v) is 9.90. The lowest BCUT2D eigenvalue weighted by molar-refractivity contribution is 0.417. The van der Waals surface area contributed by atoms with Crippen LogP contribution in [0.25, 0.3) is 0 Å². The normalized spacial score (nSPS) is 11.7. The summed E-state index contributed by atoms with van der Waals surface area (Å²) in [7, 11) is -7.29. The number of hydrogen-bond donors (Lipinski definition) is 2. The highest BCUT2D eigenvalue weighted by atomic mass is 35.5. The highest BCUT2D eigenvalue weighted by Crippen LogP contribution is 2.31. The molecule has 3 aromatic rings. The largest absolute Gasteiger partial charge is 0.495 e. The third kappa shape index (κ3) is 5.24. The van der Waals surface area contributed by atoms with Crippen molar-refractivity contribution in [2.24, 2.45) is 0 Å². The molecule has 0 heterocycles. The van der Waals surface area contributed by atoms with Crippen molar-refractivity contribution in [3.63, 3.8) is 0 Å². The Balaban J connectivity index is 1.96. The van der Waals surface area contributed by atoms with Crippen molar-refractivity contribution in [3.05, 3.63) is 77.3 Å². The number of ether oxygens (including phenoxy) is 1. The van der Waals surface area contributed by atoms with Gasteiger partial charge in [0.25, 0.3) is 20.0 Å². The summed E-state index contributed by atoms with van der Waals surface area (Å²) in [4.78, 5) is -1.10. The SMILES string of the molecule is COc1ccccc1NS(=O)(=O)c1cc(NS(=O)(=O)c2cc(F)cc(F)c2)ccc1Cl. The zero-order chi connectivity index (χ0) is 22.8. The van der Waals surface area contributed by atoms with Gasteiger partial charge in [-0.15, -0.1) is 0 Å². The third-order valence-corrected chi connectivity index (χ3v) is 7.18. The van der Waals surface area contributed by atoms with E-state index in [-0.39, 0.29) is 22.1 Å². The molecule has 0 spiro atoms. The van der Waals surface area contributed by atoms with Crippen molar-refractivity contribution >= 4 is 43.0 Å². The second-order valence-electron chi connectivity index (χ2n) is 6.16. The average Bonchev–Trinajstić information content (AvgIpc) is 2.68. The van der Waals surface area contributed by atoms with Gasteiger partial charge in [-0.05, 0) is 42.5 Å². The topological polar surface area (TPSA) is 102 Å². The van der Waals surface area contributed by atoms with Crippen LogP contribution in [0, 0.1) is 11.6 Å². The first-order valence-electron chi connectivity index (χ1n) is 8.46. The number of hydrogen-bond acceptors (Lipinski definition) is 5. The molecule has 3 rings (SSSR count). The van der Waals surface area contributed by atoms with Gasteiger partial charge >= 0.3 is 0 Å². The van der Waals surface area contributed by atoms with Crippen LogP contribution in [0.2, 0.25) is 5.02 Å². The smallest absolute Gasteiger partial charge is 0.263 e. The number of rotatable bonds is 7. The molecule has 0 aliphatic heterocycles. The van der Waals surface area contributed by atoms with Gasteiger partial charge in [0.05, 0.1) is 28.4 Å². The van der Waals surface area contributed by atoms with Crippen molar-refractivity contribution in [1.82, 2.24) is 0 Å². The van der Waals surface area contributed by atoms with Crippen molar-refractivity contribution in [2.75, 3.05) is 16.6 Å². The molecule has 0 atom stereocenters. The number of methoxy groups -OCH3 is 1. The van der Waals surface area contributed by atoms with Crippen LogP contribution < -0.4 is 14.2 Å². The molecule has 0 radical (unpaired) electrons. The summed E-state index contributed by atoms with van der Waals surface area (Å²) < 4.78 is 86.9. The first kappa shape index (κ1) is 22.8. The molecule has 0 saturated heterocycles. The molecule has 0 saturated carbocycles. The molecule has 0 aromatic heterocycles. The van der Waals surface area contributed by atoms with Crippen LogP contribution in [0.3, 0.4) is 0 Å². The number of halogens is 3. The van der Waals surface area contributed by atoms with Crippen molar-refractivity contribution < 1.29 is 30.4 Å². The van der Waals surface area contributed by atoms with E-state index in [1.54, 1.807) is 18.2 Å². The summed E-state index contributed by atoms with van der Waals surface area (Å²) in [5, 5.41) is -0.179. The van der Waals surface area contributed by atoms with Crippen LogP contribution in [-0.2, 0) is 20.0 Å². The van der Waals surface area contributed by atoms with Crippen LogP contribution >= 0.6 is 11.6 Å². The van der Waals surface area contributed by atoms with Gasteiger partial charge < -0.3 is 4.74 Å². The van der Waals surface area contributed by atoms with E-state index < -0.39 is 41.5 Å². The van der Waals surface area contributed by atoms with Crippen LogP contribution in [0.4, 0.5) is 20.2 Å².